The highest BCUT2D eigenvalue weighted by atomic mass is 35.5. The number of aryl methyl sites for hydroxylation is 1. The number of alkyl halides is 3. The molecule has 0 saturated heterocycles. The van der Waals surface area contributed by atoms with Crippen molar-refractivity contribution >= 4 is 22.5 Å². The van der Waals surface area contributed by atoms with Crippen LogP contribution in [0.4, 0.5) is 13.2 Å². The van der Waals surface area contributed by atoms with Gasteiger partial charge in [0.05, 0.1) is 17.4 Å². The largest absolute Gasteiger partial charge is 0.425 e. The number of hydrogen-bond acceptors (Lipinski definition) is 2. The minimum atomic E-state index is -4.94. The number of para-hydroxylation sites is 1. The third-order valence-electron chi connectivity index (χ3n) is 4.98. The van der Waals surface area contributed by atoms with Crippen LogP contribution in [-0.4, -0.2) is 21.1 Å². The molecule has 148 valence electrons. The Hall–Kier alpha value is -2.83. The summed E-state index contributed by atoms with van der Waals surface area (Å²) < 4.78 is 44.0. The standard InChI is InChI=1S/C22H16ClF3N2O/c1-14-11-17(23)8-9-19(14)21(29,22(24,25)26)16-7-10-20-15(12-16)13-27-28(20)18-5-3-2-4-6-18/h2-13,29H,1H3. The molecule has 1 heterocycles. The molecule has 0 aliphatic heterocycles. The van der Waals surface area contributed by atoms with Gasteiger partial charge >= 0.3 is 6.18 Å². The van der Waals surface area contributed by atoms with Gasteiger partial charge in [-0.15, -0.1) is 0 Å². The van der Waals surface area contributed by atoms with Crippen molar-refractivity contribution in [2.24, 2.45) is 0 Å². The predicted molar refractivity (Wildman–Crippen MR) is 106 cm³/mol. The number of hydrogen-bond donors (Lipinski definition) is 1. The smallest absolute Gasteiger partial charge is 0.372 e. The molecule has 0 fully saturated rings. The van der Waals surface area contributed by atoms with Gasteiger partial charge in [-0.05, 0) is 54.4 Å². The lowest BCUT2D eigenvalue weighted by molar-refractivity contribution is -0.248. The van der Waals surface area contributed by atoms with Crippen LogP contribution in [0.15, 0.2) is 72.9 Å². The second-order valence-electron chi connectivity index (χ2n) is 6.83. The third-order valence-corrected chi connectivity index (χ3v) is 5.21. The molecule has 7 heteroatoms. The van der Waals surface area contributed by atoms with Crippen LogP contribution >= 0.6 is 11.6 Å². The molecule has 4 aromatic rings. The second-order valence-corrected chi connectivity index (χ2v) is 7.27. The molecule has 3 nitrogen and oxygen atoms in total. The number of rotatable bonds is 3. The lowest BCUT2D eigenvalue weighted by atomic mass is 9.83. The molecule has 0 aliphatic rings. The molecule has 4 rings (SSSR count). The molecular weight excluding hydrogens is 401 g/mol. The highest BCUT2D eigenvalue weighted by Crippen LogP contribution is 2.46. The molecule has 0 spiro atoms. The number of benzene rings is 3. The van der Waals surface area contributed by atoms with E-state index in [9.17, 15) is 18.3 Å². The van der Waals surface area contributed by atoms with E-state index in [2.05, 4.69) is 5.10 Å². The first-order chi connectivity index (χ1) is 13.7. The molecule has 1 N–H and O–H groups in total. The van der Waals surface area contributed by atoms with E-state index in [0.29, 0.717) is 15.9 Å². The molecule has 1 atom stereocenters. The number of halogens is 4. The Balaban J connectivity index is 1.90. The van der Waals surface area contributed by atoms with Gasteiger partial charge in [-0.3, -0.25) is 0 Å². The van der Waals surface area contributed by atoms with Crippen molar-refractivity contribution < 1.29 is 18.3 Å². The molecule has 1 aromatic heterocycles. The maximum Gasteiger partial charge on any atom is 0.425 e. The molecule has 1 unspecified atom stereocenters. The summed E-state index contributed by atoms with van der Waals surface area (Å²) in [4.78, 5) is 0. The average Bonchev–Trinajstić information content (AvgIpc) is 3.10. The molecule has 29 heavy (non-hydrogen) atoms. The SMILES string of the molecule is Cc1cc(Cl)ccc1C(O)(c1ccc2c(cnn2-c2ccccc2)c1)C(F)(F)F. The van der Waals surface area contributed by atoms with Crippen molar-refractivity contribution in [3.05, 3.63) is 94.6 Å². The van der Waals surface area contributed by atoms with E-state index >= 15 is 0 Å². The predicted octanol–water partition coefficient (Wildman–Crippen LogP) is 5.79. The molecule has 0 aliphatic carbocycles. The maximum absolute atomic E-state index is 14.1. The van der Waals surface area contributed by atoms with Crippen molar-refractivity contribution in [1.82, 2.24) is 9.78 Å². The first kappa shape index (κ1) is 19.5. The van der Waals surface area contributed by atoms with Gasteiger partial charge in [0.15, 0.2) is 0 Å². The van der Waals surface area contributed by atoms with Crippen molar-refractivity contribution in [3.8, 4) is 5.69 Å². The Morgan fingerprint density at radius 3 is 2.34 bits per heavy atom. The van der Waals surface area contributed by atoms with Crippen molar-refractivity contribution in [2.45, 2.75) is 18.7 Å². The minimum absolute atomic E-state index is 0.248. The first-order valence-corrected chi connectivity index (χ1v) is 9.19. The van der Waals surface area contributed by atoms with E-state index in [4.69, 9.17) is 11.6 Å². The van der Waals surface area contributed by atoms with Crippen LogP contribution in [0, 0.1) is 6.92 Å². The Kier molecular flexibility index (Phi) is 4.63. The normalized spacial score (nSPS) is 14.1. The summed E-state index contributed by atoms with van der Waals surface area (Å²) in [5, 5.41) is 16.0. The maximum atomic E-state index is 14.1. The van der Waals surface area contributed by atoms with Crippen LogP contribution in [-0.2, 0) is 5.60 Å². The van der Waals surface area contributed by atoms with Crippen molar-refractivity contribution in [3.63, 3.8) is 0 Å². The second kappa shape index (κ2) is 6.90. The first-order valence-electron chi connectivity index (χ1n) is 8.81. The zero-order valence-corrected chi connectivity index (χ0v) is 16.0. The third kappa shape index (κ3) is 3.18. The van der Waals surface area contributed by atoms with Gasteiger partial charge < -0.3 is 5.11 Å². The van der Waals surface area contributed by atoms with Gasteiger partial charge in [-0.1, -0.05) is 41.9 Å². The van der Waals surface area contributed by atoms with E-state index in [1.807, 2.05) is 30.3 Å². The molecule has 0 amide bonds. The Morgan fingerprint density at radius 2 is 1.69 bits per heavy atom. The van der Waals surface area contributed by atoms with Crippen LogP contribution in [0.5, 0.6) is 0 Å². The lowest BCUT2D eigenvalue weighted by Gasteiger charge is -2.33. The monoisotopic (exact) mass is 416 g/mol. The summed E-state index contributed by atoms with van der Waals surface area (Å²) in [6.07, 6.45) is -3.45. The van der Waals surface area contributed by atoms with Crippen LogP contribution < -0.4 is 0 Å². The van der Waals surface area contributed by atoms with Gasteiger partial charge in [0.25, 0.3) is 0 Å². The fraction of sp³-hybridized carbons (Fsp3) is 0.136. The molecular formula is C22H16ClF3N2O. The number of fused-ring (bicyclic) bond motifs is 1. The van der Waals surface area contributed by atoms with Crippen LogP contribution in [0.3, 0.4) is 0 Å². The number of aromatic nitrogens is 2. The van der Waals surface area contributed by atoms with E-state index in [1.54, 1.807) is 4.68 Å². The Labute approximate surface area is 170 Å². The lowest BCUT2D eigenvalue weighted by Crippen LogP contribution is -2.43. The molecule has 0 radical (unpaired) electrons. The quantitative estimate of drug-likeness (QED) is 0.459. The molecule has 0 saturated carbocycles. The summed E-state index contributed by atoms with van der Waals surface area (Å²) in [6, 6.07) is 17.4. The van der Waals surface area contributed by atoms with Crippen molar-refractivity contribution in [1.29, 1.82) is 0 Å². The molecule has 0 bridgehead atoms. The molecule has 3 aromatic carbocycles. The fourth-order valence-corrected chi connectivity index (χ4v) is 3.76. The van der Waals surface area contributed by atoms with Gasteiger partial charge in [-0.2, -0.15) is 18.3 Å². The van der Waals surface area contributed by atoms with Gasteiger partial charge in [0.2, 0.25) is 5.60 Å². The van der Waals surface area contributed by atoms with E-state index in [1.165, 1.54) is 49.5 Å². The van der Waals surface area contributed by atoms with Crippen LogP contribution in [0.1, 0.15) is 16.7 Å². The summed E-state index contributed by atoms with van der Waals surface area (Å²) in [5.74, 6) is 0. The summed E-state index contributed by atoms with van der Waals surface area (Å²) in [5.41, 5.74) is -2.05. The zero-order chi connectivity index (χ0) is 20.8. The topological polar surface area (TPSA) is 38.1 Å². The summed E-state index contributed by atoms with van der Waals surface area (Å²) in [6.45, 7) is 1.49. The Bertz CT molecular complexity index is 1190. The fourth-order valence-electron chi connectivity index (χ4n) is 3.54. The van der Waals surface area contributed by atoms with Gasteiger partial charge in [-0.25, -0.2) is 4.68 Å². The Morgan fingerprint density at radius 1 is 0.966 bits per heavy atom. The van der Waals surface area contributed by atoms with E-state index in [0.717, 1.165) is 5.69 Å². The van der Waals surface area contributed by atoms with E-state index < -0.39 is 11.8 Å². The van der Waals surface area contributed by atoms with Gasteiger partial charge in [0, 0.05) is 16.0 Å². The summed E-state index contributed by atoms with van der Waals surface area (Å²) >= 11 is 5.89. The van der Waals surface area contributed by atoms with Crippen LogP contribution in [0.2, 0.25) is 5.02 Å². The zero-order valence-electron chi connectivity index (χ0n) is 15.3. The number of aliphatic hydroxyl groups is 1. The van der Waals surface area contributed by atoms with Crippen LogP contribution in [0.25, 0.3) is 16.6 Å². The highest BCUT2D eigenvalue weighted by molar-refractivity contribution is 6.30. The summed E-state index contributed by atoms with van der Waals surface area (Å²) in [7, 11) is 0. The van der Waals surface area contributed by atoms with E-state index in [-0.39, 0.29) is 16.7 Å². The minimum Gasteiger partial charge on any atom is -0.372 e. The number of nitrogens with zero attached hydrogens (tertiary/aromatic N) is 2. The highest BCUT2D eigenvalue weighted by Gasteiger charge is 2.56. The average molecular weight is 417 g/mol. The van der Waals surface area contributed by atoms with Crippen molar-refractivity contribution in [2.75, 3.05) is 0 Å². The van der Waals surface area contributed by atoms with Gasteiger partial charge in [0.1, 0.15) is 0 Å².